The Morgan fingerprint density at radius 2 is 1.95 bits per heavy atom. The van der Waals surface area contributed by atoms with Gasteiger partial charge in [0, 0.05) is 11.1 Å². The molecule has 0 saturated carbocycles. The van der Waals surface area contributed by atoms with Gasteiger partial charge in [-0.1, -0.05) is 23.8 Å². The zero-order valence-electron chi connectivity index (χ0n) is 10.2. The van der Waals surface area contributed by atoms with Crippen LogP contribution < -0.4 is 10.5 Å². The zero-order chi connectivity index (χ0) is 14.7. The van der Waals surface area contributed by atoms with Crippen LogP contribution >= 0.6 is 23.8 Å². The van der Waals surface area contributed by atoms with Crippen LogP contribution in [-0.4, -0.2) is 4.99 Å². The first-order chi connectivity index (χ1) is 9.47. The van der Waals surface area contributed by atoms with Gasteiger partial charge in [-0.25, -0.2) is 8.78 Å². The second kappa shape index (κ2) is 6.15. The first kappa shape index (κ1) is 14.7. The quantitative estimate of drug-likeness (QED) is 0.871. The molecule has 0 unspecified atom stereocenters. The molecular formula is C14H10ClF2NOS. The minimum Gasteiger partial charge on any atom is -0.489 e. The number of rotatable bonds is 4. The lowest BCUT2D eigenvalue weighted by Crippen LogP contribution is -2.10. The summed E-state index contributed by atoms with van der Waals surface area (Å²) < 4.78 is 31.8. The lowest BCUT2D eigenvalue weighted by atomic mass is 10.2. The van der Waals surface area contributed by atoms with Crippen LogP contribution in [0, 0.1) is 11.6 Å². The standard InChI is InChI=1S/C14H10ClF2NOS/c15-12-6-10(2-3-11(12)14(18)20)19-7-8-5-9(16)1-4-13(8)17/h1-6H,7H2,(H2,18,20). The summed E-state index contributed by atoms with van der Waals surface area (Å²) in [5.41, 5.74) is 6.14. The Morgan fingerprint density at radius 3 is 2.60 bits per heavy atom. The van der Waals surface area contributed by atoms with Crippen molar-refractivity contribution in [2.24, 2.45) is 5.73 Å². The summed E-state index contributed by atoms with van der Waals surface area (Å²) >= 11 is 10.8. The third-order valence-electron chi connectivity index (χ3n) is 2.61. The largest absolute Gasteiger partial charge is 0.489 e. The van der Waals surface area contributed by atoms with Crippen molar-refractivity contribution in [2.75, 3.05) is 0 Å². The number of nitrogens with two attached hydrogens (primary N) is 1. The number of hydrogen-bond acceptors (Lipinski definition) is 2. The second-order valence-corrected chi connectivity index (χ2v) is 4.88. The number of ether oxygens (including phenoxy) is 1. The molecule has 0 aliphatic heterocycles. The highest BCUT2D eigenvalue weighted by Gasteiger charge is 2.07. The molecule has 0 saturated heterocycles. The van der Waals surface area contributed by atoms with E-state index in [1.54, 1.807) is 12.1 Å². The highest BCUT2D eigenvalue weighted by atomic mass is 35.5. The fourth-order valence-electron chi connectivity index (χ4n) is 1.60. The molecule has 2 N–H and O–H groups in total. The maximum atomic E-state index is 13.4. The Balaban J connectivity index is 2.13. The fraction of sp³-hybridized carbons (Fsp3) is 0.0714. The molecule has 0 spiro atoms. The van der Waals surface area contributed by atoms with Crippen molar-refractivity contribution in [1.29, 1.82) is 0 Å². The average Bonchev–Trinajstić information content (AvgIpc) is 2.39. The molecule has 104 valence electrons. The molecule has 0 bridgehead atoms. The van der Waals surface area contributed by atoms with E-state index in [9.17, 15) is 8.78 Å². The molecule has 2 rings (SSSR count). The fourth-order valence-corrected chi connectivity index (χ4v) is 2.11. The van der Waals surface area contributed by atoms with E-state index in [1.165, 1.54) is 6.07 Å². The molecule has 0 radical (unpaired) electrons. The van der Waals surface area contributed by atoms with Gasteiger partial charge < -0.3 is 10.5 Å². The Kier molecular flexibility index (Phi) is 4.52. The van der Waals surface area contributed by atoms with Crippen LogP contribution in [0.15, 0.2) is 36.4 Å². The number of benzene rings is 2. The molecule has 2 aromatic rings. The summed E-state index contributed by atoms with van der Waals surface area (Å²) in [7, 11) is 0. The molecule has 0 amide bonds. The Labute approximate surface area is 125 Å². The van der Waals surface area contributed by atoms with Crippen molar-refractivity contribution in [3.05, 3.63) is 64.2 Å². The molecule has 0 aliphatic rings. The summed E-state index contributed by atoms with van der Waals surface area (Å²) in [5, 5.41) is 0.342. The van der Waals surface area contributed by atoms with Crippen molar-refractivity contribution in [3.63, 3.8) is 0 Å². The molecular weight excluding hydrogens is 304 g/mol. The van der Waals surface area contributed by atoms with Crippen LogP contribution in [0.1, 0.15) is 11.1 Å². The van der Waals surface area contributed by atoms with Crippen LogP contribution in [0.3, 0.4) is 0 Å². The summed E-state index contributed by atoms with van der Waals surface area (Å²) in [6, 6.07) is 7.93. The summed E-state index contributed by atoms with van der Waals surface area (Å²) in [6.07, 6.45) is 0. The summed E-state index contributed by atoms with van der Waals surface area (Å²) in [5.74, 6) is -0.636. The smallest absolute Gasteiger partial charge is 0.130 e. The topological polar surface area (TPSA) is 35.2 Å². The summed E-state index contributed by atoms with van der Waals surface area (Å²) in [6.45, 7) is -0.105. The van der Waals surface area contributed by atoms with Gasteiger partial charge in [0.25, 0.3) is 0 Å². The van der Waals surface area contributed by atoms with E-state index in [-0.39, 0.29) is 17.2 Å². The molecule has 20 heavy (non-hydrogen) atoms. The molecule has 2 nitrogen and oxygen atoms in total. The summed E-state index contributed by atoms with van der Waals surface area (Å²) in [4.78, 5) is 0.178. The van der Waals surface area contributed by atoms with Crippen molar-refractivity contribution in [2.45, 2.75) is 6.61 Å². The number of halogens is 3. The van der Waals surface area contributed by atoms with Gasteiger partial charge in [-0.3, -0.25) is 0 Å². The van der Waals surface area contributed by atoms with Gasteiger partial charge in [-0.05, 0) is 36.4 Å². The monoisotopic (exact) mass is 313 g/mol. The van der Waals surface area contributed by atoms with E-state index < -0.39 is 11.6 Å². The Morgan fingerprint density at radius 1 is 1.20 bits per heavy atom. The molecule has 0 aliphatic carbocycles. The first-order valence-electron chi connectivity index (χ1n) is 5.63. The molecule has 0 heterocycles. The minimum atomic E-state index is -0.530. The molecule has 0 aromatic heterocycles. The maximum absolute atomic E-state index is 13.4. The van der Waals surface area contributed by atoms with Crippen LogP contribution in [0.4, 0.5) is 8.78 Å². The predicted molar refractivity (Wildman–Crippen MR) is 78.0 cm³/mol. The Bertz CT molecular complexity index is 664. The van der Waals surface area contributed by atoms with Crippen LogP contribution in [0.2, 0.25) is 5.02 Å². The predicted octanol–water partition coefficient (Wildman–Crippen LogP) is 3.83. The van der Waals surface area contributed by atoms with E-state index in [0.717, 1.165) is 18.2 Å². The maximum Gasteiger partial charge on any atom is 0.130 e. The molecule has 2 aromatic carbocycles. The van der Waals surface area contributed by atoms with Crippen LogP contribution in [-0.2, 0) is 6.61 Å². The average molecular weight is 314 g/mol. The van der Waals surface area contributed by atoms with E-state index in [4.69, 9.17) is 34.3 Å². The third-order valence-corrected chi connectivity index (χ3v) is 3.14. The highest BCUT2D eigenvalue weighted by molar-refractivity contribution is 7.80. The van der Waals surface area contributed by atoms with E-state index in [0.29, 0.717) is 16.3 Å². The van der Waals surface area contributed by atoms with Crippen LogP contribution in [0.5, 0.6) is 5.75 Å². The zero-order valence-corrected chi connectivity index (χ0v) is 11.8. The Hall–Kier alpha value is -1.72. The van der Waals surface area contributed by atoms with E-state index >= 15 is 0 Å². The van der Waals surface area contributed by atoms with Crippen molar-refractivity contribution in [3.8, 4) is 5.75 Å². The van der Waals surface area contributed by atoms with Crippen LogP contribution in [0.25, 0.3) is 0 Å². The minimum absolute atomic E-state index is 0.105. The SMILES string of the molecule is NC(=S)c1ccc(OCc2cc(F)ccc2F)cc1Cl. The lowest BCUT2D eigenvalue weighted by molar-refractivity contribution is 0.299. The van der Waals surface area contributed by atoms with Gasteiger partial charge in [0.1, 0.15) is 29.0 Å². The van der Waals surface area contributed by atoms with Gasteiger partial charge in [0.2, 0.25) is 0 Å². The second-order valence-electron chi connectivity index (χ2n) is 4.03. The lowest BCUT2D eigenvalue weighted by Gasteiger charge is -2.09. The van der Waals surface area contributed by atoms with E-state index in [2.05, 4.69) is 0 Å². The van der Waals surface area contributed by atoms with E-state index in [1.807, 2.05) is 0 Å². The number of hydrogen-bond donors (Lipinski definition) is 1. The highest BCUT2D eigenvalue weighted by Crippen LogP contribution is 2.23. The molecule has 6 heteroatoms. The third kappa shape index (κ3) is 3.43. The normalized spacial score (nSPS) is 10.3. The van der Waals surface area contributed by atoms with Gasteiger partial charge in [0.05, 0.1) is 5.02 Å². The first-order valence-corrected chi connectivity index (χ1v) is 6.42. The van der Waals surface area contributed by atoms with Gasteiger partial charge >= 0.3 is 0 Å². The number of thiocarbonyl (C=S) groups is 1. The van der Waals surface area contributed by atoms with Gasteiger partial charge in [-0.2, -0.15) is 0 Å². The van der Waals surface area contributed by atoms with Gasteiger partial charge in [0.15, 0.2) is 0 Å². The van der Waals surface area contributed by atoms with Gasteiger partial charge in [-0.15, -0.1) is 0 Å². The van der Waals surface area contributed by atoms with Crippen molar-refractivity contribution in [1.82, 2.24) is 0 Å². The van der Waals surface area contributed by atoms with Crippen molar-refractivity contribution < 1.29 is 13.5 Å². The molecule has 0 fully saturated rings. The van der Waals surface area contributed by atoms with Crippen molar-refractivity contribution >= 4 is 28.8 Å². The molecule has 0 atom stereocenters.